The Balaban J connectivity index is 1.60. The number of aliphatic hydroxyl groups excluding tert-OH is 1. The van der Waals surface area contributed by atoms with Crippen LogP contribution in [-0.2, 0) is 35.0 Å². The van der Waals surface area contributed by atoms with E-state index >= 15 is 0 Å². The van der Waals surface area contributed by atoms with Crippen LogP contribution in [0.2, 0.25) is 0 Å². The van der Waals surface area contributed by atoms with Crippen molar-refractivity contribution in [3.63, 3.8) is 0 Å². The van der Waals surface area contributed by atoms with Gasteiger partial charge in [0.2, 0.25) is 5.91 Å². The first-order valence-corrected chi connectivity index (χ1v) is 12.6. The SMILES string of the molecule is CC(=O)NC(Cc1cc(F)cc(F)c1)C(O)CNC1(c2cccc(C(C)(C)C)c2)CCc2oncc2C1. The van der Waals surface area contributed by atoms with Gasteiger partial charge in [-0.15, -0.1) is 0 Å². The van der Waals surface area contributed by atoms with E-state index in [1.165, 1.54) is 24.6 Å². The lowest BCUT2D eigenvalue weighted by Gasteiger charge is -2.40. The average Bonchev–Trinajstić information content (AvgIpc) is 3.28. The predicted octanol–water partition coefficient (Wildman–Crippen LogP) is 4.33. The highest BCUT2D eigenvalue weighted by Gasteiger charge is 2.39. The molecule has 1 heterocycles. The van der Waals surface area contributed by atoms with E-state index in [1.54, 1.807) is 6.20 Å². The molecule has 0 bridgehead atoms. The zero-order valence-electron chi connectivity index (χ0n) is 21.8. The lowest BCUT2D eigenvalue weighted by molar-refractivity contribution is -0.120. The Kier molecular flexibility index (Phi) is 7.80. The normalized spacial score (nSPS) is 19.2. The minimum atomic E-state index is -1.01. The van der Waals surface area contributed by atoms with Gasteiger partial charge in [-0.1, -0.05) is 50.2 Å². The molecular formula is C29H35F2N3O3. The highest BCUT2D eigenvalue weighted by Crippen LogP contribution is 2.38. The number of carbonyl (C=O) groups is 1. The van der Waals surface area contributed by atoms with Crippen LogP contribution >= 0.6 is 0 Å². The predicted molar refractivity (Wildman–Crippen MR) is 137 cm³/mol. The maximum atomic E-state index is 13.8. The summed E-state index contributed by atoms with van der Waals surface area (Å²) in [4.78, 5) is 11.9. The van der Waals surface area contributed by atoms with Crippen LogP contribution in [0.1, 0.15) is 62.1 Å². The number of benzene rings is 2. The molecule has 0 aliphatic heterocycles. The number of nitrogens with one attached hydrogen (secondary N) is 2. The second-order valence-corrected chi connectivity index (χ2v) is 11.1. The summed E-state index contributed by atoms with van der Waals surface area (Å²) in [5.74, 6) is -0.864. The molecular weight excluding hydrogens is 476 g/mol. The van der Waals surface area contributed by atoms with Gasteiger partial charge in [-0.2, -0.15) is 0 Å². The Morgan fingerprint density at radius 3 is 2.59 bits per heavy atom. The molecule has 0 spiro atoms. The molecule has 1 aliphatic carbocycles. The second-order valence-electron chi connectivity index (χ2n) is 11.1. The lowest BCUT2D eigenvalue weighted by atomic mass is 9.74. The van der Waals surface area contributed by atoms with E-state index in [4.69, 9.17) is 4.52 Å². The van der Waals surface area contributed by atoms with E-state index in [-0.39, 0.29) is 24.3 Å². The molecule has 8 heteroatoms. The molecule has 0 saturated heterocycles. The van der Waals surface area contributed by atoms with E-state index in [0.29, 0.717) is 18.4 Å². The monoisotopic (exact) mass is 511 g/mol. The molecule has 1 aromatic heterocycles. The van der Waals surface area contributed by atoms with Crippen molar-refractivity contribution in [2.75, 3.05) is 6.54 Å². The fourth-order valence-corrected chi connectivity index (χ4v) is 5.13. The van der Waals surface area contributed by atoms with Gasteiger partial charge in [0.15, 0.2) is 0 Å². The quantitative estimate of drug-likeness (QED) is 0.419. The summed E-state index contributed by atoms with van der Waals surface area (Å²) in [5, 5.41) is 21.5. The van der Waals surface area contributed by atoms with E-state index in [2.05, 4.69) is 60.8 Å². The number of hydrogen-bond acceptors (Lipinski definition) is 5. The van der Waals surface area contributed by atoms with E-state index in [1.807, 2.05) is 0 Å². The number of aryl methyl sites for hydroxylation is 1. The first kappa shape index (κ1) is 26.9. The fourth-order valence-electron chi connectivity index (χ4n) is 5.13. The number of rotatable bonds is 8. The van der Waals surface area contributed by atoms with Crippen molar-refractivity contribution in [3.8, 4) is 0 Å². The topological polar surface area (TPSA) is 87.4 Å². The highest BCUT2D eigenvalue weighted by atomic mass is 19.1. The summed E-state index contributed by atoms with van der Waals surface area (Å²) >= 11 is 0. The number of hydrogen-bond donors (Lipinski definition) is 3. The van der Waals surface area contributed by atoms with Gasteiger partial charge in [0.25, 0.3) is 0 Å². The van der Waals surface area contributed by atoms with Crippen molar-refractivity contribution in [2.45, 2.75) is 76.5 Å². The Labute approximate surface area is 216 Å². The number of amides is 1. The summed E-state index contributed by atoms with van der Waals surface area (Å²) in [7, 11) is 0. The van der Waals surface area contributed by atoms with Crippen LogP contribution in [0.3, 0.4) is 0 Å². The molecule has 3 atom stereocenters. The van der Waals surface area contributed by atoms with Crippen LogP contribution in [0.25, 0.3) is 0 Å². The van der Waals surface area contributed by atoms with Crippen LogP contribution in [0.4, 0.5) is 8.78 Å². The van der Waals surface area contributed by atoms with Gasteiger partial charge >= 0.3 is 0 Å². The molecule has 3 unspecified atom stereocenters. The van der Waals surface area contributed by atoms with Gasteiger partial charge in [-0.05, 0) is 53.5 Å². The Morgan fingerprint density at radius 1 is 1.19 bits per heavy atom. The number of carbonyl (C=O) groups excluding carboxylic acids is 1. The summed E-state index contributed by atoms with van der Waals surface area (Å²) in [5.41, 5.74) is 3.14. The minimum Gasteiger partial charge on any atom is -0.390 e. The smallest absolute Gasteiger partial charge is 0.217 e. The van der Waals surface area contributed by atoms with Gasteiger partial charge in [0, 0.05) is 37.1 Å². The minimum absolute atomic E-state index is 0.0372. The molecule has 4 rings (SSSR count). The molecule has 1 aliphatic rings. The number of fused-ring (bicyclic) bond motifs is 1. The fraction of sp³-hybridized carbons (Fsp3) is 0.448. The van der Waals surface area contributed by atoms with Crippen molar-refractivity contribution in [3.05, 3.63) is 88.3 Å². The molecule has 0 saturated carbocycles. The number of nitrogens with zero attached hydrogens (tertiary/aromatic N) is 1. The molecule has 198 valence electrons. The van der Waals surface area contributed by atoms with Gasteiger partial charge in [-0.25, -0.2) is 8.78 Å². The van der Waals surface area contributed by atoms with Gasteiger partial charge in [0.05, 0.1) is 18.3 Å². The van der Waals surface area contributed by atoms with Crippen molar-refractivity contribution in [2.24, 2.45) is 0 Å². The highest BCUT2D eigenvalue weighted by molar-refractivity contribution is 5.73. The number of aromatic nitrogens is 1. The first-order valence-electron chi connectivity index (χ1n) is 12.6. The standard InChI is InChI=1S/C29H35F2N3O3/c1-18(35)34-25(12-19-10-23(30)14-24(31)11-19)26(36)17-32-29(9-8-27-20(15-29)16-33-37-27)22-7-5-6-21(13-22)28(2,3)4/h5-7,10-11,13-14,16,25-26,32,36H,8-9,12,15,17H2,1-4H3,(H,34,35). The van der Waals surface area contributed by atoms with Gasteiger partial charge in [-0.3, -0.25) is 4.79 Å². The average molecular weight is 512 g/mol. The zero-order chi connectivity index (χ0) is 26.8. The van der Waals surface area contributed by atoms with Crippen molar-refractivity contribution in [1.82, 2.24) is 15.8 Å². The summed E-state index contributed by atoms with van der Waals surface area (Å²) in [6, 6.07) is 11.0. The summed E-state index contributed by atoms with van der Waals surface area (Å²) < 4.78 is 33.0. The second kappa shape index (κ2) is 10.7. The first-order chi connectivity index (χ1) is 17.4. The largest absolute Gasteiger partial charge is 0.390 e. The lowest BCUT2D eigenvalue weighted by Crippen LogP contribution is -2.54. The number of aliphatic hydroxyl groups is 1. The molecule has 0 radical (unpaired) electrons. The Bertz CT molecular complexity index is 1230. The van der Waals surface area contributed by atoms with Crippen LogP contribution in [-0.4, -0.2) is 34.9 Å². The molecule has 1 amide bonds. The Morgan fingerprint density at radius 2 is 1.92 bits per heavy atom. The molecule has 3 aromatic rings. The summed E-state index contributed by atoms with van der Waals surface area (Å²) in [6.45, 7) is 8.02. The molecule has 0 fully saturated rings. The Hall–Kier alpha value is -3.10. The van der Waals surface area contributed by atoms with E-state index < -0.39 is 29.3 Å². The van der Waals surface area contributed by atoms with E-state index in [0.717, 1.165) is 29.4 Å². The van der Waals surface area contributed by atoms with Gasteiger partial charge in [0.1, 0.15) is 17.4 Å². The zero-order valence-corrected chi connectivity index (χ0v) is 21.8. The third-order valence-electron chi connectivity index (χ3n) is 7.16. The molecule has 3 N–H and O–H groups in total. The van der Waals surface area contributed by atoms with Crippen molar-refractivity contribution in [1.29, 1.82) is 0 Å². The van der Waals surface area contributed by atoms with Crippen LogP contribution < -0.4 is 10.6 Å². The van der Waals surface area contributed by atoms with Crippen molar-refractivity contribution >= 4 is 5.91 Å². The maximum Gasteiger partial charge on any atom is 0.217 e. The van der Waals surface area contributed by atoms with Crippen molar-refractivity contribution < 1.29 is 23.2 Å². The van der Waals surface area contributed by atoms with Crippen LogP contribution in [0.5, 0.6) is 0 Å². The molecule has 6 nitrogen and oxygen atoms in total. The maximum absolute atomic E-state index is 13.8. The van der Waals surface area contributed by atoms with Crippen LogP contribution in [0, 0.1) is 11.6 Å². The molecule has 37 heavy (non-hydrogen) atoms. The third kappa shape index (κ3) is 6.43. The number of halogens is 2. The molecule has 2 aromatic carbocycles. The van der Waals surface area contributed by atoms with Gasteiger partial charge < -0.3 is 20.3 Å². The third-order valence-corrected chi connectivity index (χ3v) is 7.16. The van der Waals surface area contributed by atoms with Crippen LogP contribution in [0.15, 0.2) is 53.2 Å². The van der Waals surface area contributed by atoms with E-state index in [9.17, 15) is 18.7 Å². The summed E-state index contributed by atoms with van der Waals surface area (Å²) in [6.07, 6.45) is 2.87.